The van der Waals surface area contributed by atoms with Gasteiger partial charge < -0.3 is 8.85 Å². The minimum atomic E-state index is -1.94. The topological polar surface area (TPSA) is 18.5 Å². The van der Waals surface area contributed by atoms with E-state index in [0.717, 1.165) is 11.1 Å². The first-order chi connectivity index (χ1) is 7.57. The molecule has 0 saturated carbocycles. The molecule has 0 radical (unpaired) electrons. The van der Waals surface area contributed by atoms with Gasteiger partial charge in [0, 0.05) is 6.61 Å². The number of hydrogen-bond donors (Lipinski definition) is 0. The molecule has 0 aliphatic rings. The van der Waals surface area contributed by atoms with Crippen molar-refractivity contribution >= 4 is 14.6 Å². The third-order valence-electron chi connectivity index (χ3n) is 2.27. The van der Waals surface area contributed by atoms with Crippen LogP contribution in [0.1, 0.15) is 18.1 Å². The summed E-state index contributed by atoms with van der Waals surface area (Å²) in [5.74, 6) is 0. The second-order valence-electron chi connectivity index (χ2n) is 4.07. The molecule has 0 bridgehead atoms. The van der Waals surface area contributed by atoms with Crippen LogP contribution >= 0.6 is 0 Å². The summed E-state index contributed by atoms with van der Waals surface area (Å²) in [7, 11) is -1.94. The lowest BCUT2D eigenvalue weighted by molar-refractivity contribution is 0.179. The van der Waals surface area contributed by atoms with Crippen LogP contribution < -0.4 is 0 Å². The first-order valence-electron chi connectivity index (χ1n) is 5.56. The van der Waals surface area contributed by atoms with E-state index in [9.17, 15) is 0 Å². The summed E-state index contributed by atoms with van der Waals surface area (Å²) in [5, 5.41) is 0. The average Bonchev–Trinajstić information content (AvgIpc) is 2.27. The van der Waals surface area contributed by atoms with Gasteiger partial charge in [0.15, 0.2) is 0 Å². The molecule has 1 aromatic carbocycles. The summed E-state index contributed by atoms with van der Waals surface area (Å²) in [5.41, 5.74) is 2.29. The highest BCUT2D eigenvalue weighted by Crippen LogP contribution is 2.12. The van der Waals surface area contributed by atoms with Crippen molar-refractivity contribution < 1.29 is 8.85 Å². The number of rotatable bonds is 6. The van der Waals surface area contributed by atoms with Gasteiger partial charge in [-0.05, 0) is 37.2 Å². The summed E-state index contributed by atoms with van der Waals surface area (Å²) < 4.78 is 11.4. The van der Waals surface area contributed by atoms with Gasteiger partial charge in [-0.3, -0.25) is 0 Å². The van der Waals surface area contributed by atoms with Crippen molar-refractivity contribution in [1.29, 1.82) is 0 Å². The summed E-state index contributed by atoms with van der Waals surface area (Å²) in [4.78, 5) is 0. The predicted octanol–water partition coefficient (Wildman–Crippen LogP) is 3.58. The molecule has 0 unspecified atom stereocenters. The lowest BCUT2D eigenvalue weighted by atomic mass is 10.1. The fourth-order valence-electron chi connectivity index (χ4n) is 1.46. The molecule has 0 amide bonds. The Hall–Kier alpha value is -0.903. The van der Waals surface area contributed by atoms with E-state index in [4.69, 9.17) is 8.85 Å². The molecule has 0 fully saturated rings. The van der Waals surface area contributed by atoms with Gasteiger partial charge in [0.25, 0.3) is 0 Å². The molecule has 0 saturated heterocycles. The van der Waals surface area contributed by atoms with Crippen molar-refractivity contribution in [1.82, 2.24) is 0 Å². The van der Waals surface area contributed by atoms with Crippen LogP contribution in [0, 0.1) is 0 Å². The summed E-state index contributed by atoms with van der Waals surface area (Å²) >= 11 is 0. The molecule has 3 heteroatoms. The Balaban J connectivity index is 2.57. The number of hydrogen-bond acceptors (Lipinski definition) is 2. The molecule has 2 nitrogen and oxygen atoms in total. The van der Waals surface area contributed by atoms with Crippen molar-refractivity contribution in [2.45, 2.75) is 26.6 Å². The highest BCUT2D eigenvalue weighted by Gasteiger charge is 2.23. The average molecular weight is 236 g/mol. The molecule has 0 aliphatic heterocycles. The van der Waals surface area contributed by atoms with Gasteiger partial charge in [0.2, 0.25) is 0 Å². The standard InChI is InChI=1S/C13H20O2Si/c1-5-12-8-7-9-13(10-12)11-15-16(3,4)14-6-2/h5,7-10H,1,6,11H2,2-4H3. The van der Waals surface area contributed by atoms with Crippen molar-refractivity contribution in [3.63, 3.8) is 0 Å². The van der Waals surface area contributed by atoms with Crippen molar-refractivity contribution in [2.75, 3.05) is 6.61 Å². The minimum absolute atomic E-state index is 0.612. The quantitative estimate of drug-likeness (QED) is 0.703. The van der Waals surface area contributed by atoms with E-state index in [1.807, 2.05) is 25.1 Å². The van der Waals surface area contributed by atoms with E-state index in [-0.39, 0.29) is 0 Å². The van der Waals surface area contributed by atoms with Gasteiger partial charge >= 0.3 is 8.56 Å². The molecule has 0 N–H and O–H groups in total. The Morgan fingerprint density at radius 3 is 2.69 bits per heavy atom. The lowest BCUT2D eigenvalue weighted by Crippen LogP contribution is -2.34. The number of benzene rings is 1. The lowest BCUT2D eigenvalue weighted by Gasteiger charge is -2.22. The molecular formula is C13H20O2Si. The molecule has 0 aliphatic carbocycles. The van der Waals surface area contributed by atoms with E-state index in [1.165, 1.54) is 0 Å². The molecule has 0 aromatic heterocycles. The second-order valence-corrected chi connectivity index (χ2v) is 7.45. The van der Waals surface area contributed by atoms with Crippen LogP contribution in [0.2, 0.25) is 13.1 Å². The molecule has 0 atom stereocenters. The van der Waals surface area contributed by atoms with Crippen LogP contribution in [0.15, 0.2) is 30.8 Å². The molecular weight excluding hydrogens is 216 g/mol. The molecule has 88 valence electrons. The van der Waals surface area contributed by atoms with Gasteiger partial charge in [-0.15, -0.1) is 0 Å². The molecule has 1 aromatic rings. The van der Waals surface area contributed by atoms with Gasteiger partial charge in [0.05, 0.1) is 6.61 Å². The van der Waals surface area contributed by atoms with Crippen LogP contribution in [0.3, 0.4) is 0 Å². The Morgan fingerprint density at radius 1 is 1.31 bits per heavy atom. The van der Waals surface area contributed by atoms with Gasteiger partial charge in [-0.25, -0.2) is 0 Å². The maximum Gasteiger partial charge on any atom is 0.331 e. The predicted molar refractivity (Wildman–Crippen MR) is 70.4 cm³/mol. The zero-order chi connectivity index (χ0) is 12.0. The Morgan fingerprint density at radius 2 is 2.06 bits per heavy atom. The molecule has 16 heavy (non-hydrogen) atoms. The zero-order valence-electron chi connectivity index (χ0n) is 10.3. The fourth-order valence-corrected chi connectivity index (χ4v) is 2.75. The summed E-state index contributed by atoms with van der Waals surface area (Å²) in [6.07, 6.45) is 1.84. The van der Waals surface area contributed by atoms with Crippen molar-refractivity contribution in [3.8, 4) is 0 Å². The zero-order valence-corrected chi connectivity index (χ0v) is 11.3. The summed E-state index contributed by atoms with van der Waals surface area (Å²) in [6.45, 7) is 11.2. The minimum Gasteiger partial charge on any atom is -0.395 e. The van der Waals surface area contributed by atoms with Crippen LogP contribution in [0.4, 0.5) is 0 Å². The highest BCUT2D eigenvalue weighted by atomic mass is 28.4. The van der Waals surface area contributed by atoms with Crippen LogP contribution in [-0.4, -0.2) is 15.2 Å². The van der Waals surface area contributed by atoms with Gasteiger partial charge in [-0.1, -0.05) is 30.9 Å². The van der Waals surface area contributed by atoms with E-state index < -0.39 is 8.56 Å². The first-order valence-corrected chi connectivity index (χ1v) is 8.38. The Labute approximate surface area is 99.2 Å². The third-order valence-corrected chi connectivity index (χ3v) is 4.09. The Kier molecular flexibility index (Phi) is 4.93. The van der Waals surface area contributed by atoms with E-state index in [0.29, 0.717) is 13.2 Å². The first kappa shape index (κ1) is 13.2. The molecule has 0 spiro atoms. The van der Waals surface area contributed by atoms with E-state index in [2.05, 4.69) is 31.8 Å². The van der Waals surface area contributed by atoms with Crippen LogP contribution in [-0.2, 0) is 15.5 Å². The SMILES string of the molecule is C=Cc1cccc(CO[Si](C)(C)OCC)c1. The summed E-state index contributed by atoms with van der Waals surface area (Å²) in [6, 6.07) is 8.19. The molecule has 0 heterocycles. The van der Waals surface area contributed by atoms with Crippen LogP contribution in [0.5, 0.6) is 0 Å². The monoisotopic (exact) mass is 236 g/mol. The largest absolute Gasteiger partial charge is 0.395 e. The van der Waals surface area contributed by atoms with E-state index >= 15 is 0 Å². The Bertz CT molecular complexity index is 348. The normalized spacial score (nSPS) is 11.4. The van der Waals surface area contributed by atoms with Gasteiger partial charge in [-0.2, -0.15) is 0 Å². The van der Waals surface area contributed by atoms with Gasteiger partial charge in [0.1, 0.15) is 0 Å². The maximum absolute atomic E-state index is 5.84. The third kappa shape index (κ3) is 4.31. The molecule has 1 rings (SSSR count). The van der Waals surface area contributed by atoms with Crippen molar-refractivity contribution in [3.05, 3.63) is 42.0 Å². The maximum atomic E-state index is 5.84. The second kappa shape index (κ2) is 5.99. The fraction of sp³-hybridized carbons (Fsp3) is 0.385. The smallest absolute Gasteiger partial charge is 0.331 e. The van der Waals surface area contributed by atoms with E-state index in [1.54, 1.807) is 0 Å². The van der Waals surface area contributed by atoms with Crippen LogP contribution in [0.25, 0.3) is 6.08 Å². The van der Waals surface area contributed by atoms with Crippen molar-refractivity contribution in [2.24, 2.45) is 0 Å². The highest BCUT2D eigenvalue weighted by molar-refractivity contribution is 6.64.